The number of benzene rings is 2. The van der Waals surface area contributed by atoms with Crippen LogP contribution in [0.3, 0.4) is 0 Å². The maximum absolute atomic E-state index is 13.3. The van der Waals surface area contributed by atoms with Crippen LogP contribution in [-0.2, 0) is 17.6 Å². The molecule has 2 aromatic heterocycles. The van der Waals surface area contributed by atoms with E-state index in [1.54, 1.807) is 16.7 Å². The molecule has 6 nitrogen and oxygen atoms in total. The number of para-hydroxylation sites is 2. The average Bonchev–Trinajstić information content (AvgIpc) is 3.20. The quantitative estimate of drug-likeness (QED) is 0.329. The smallest absolute Gasteiger partial charge is 0.266 e. The van der Waals surface area contributed by atoms with Gasteiger partial charge in [-0.25, -0.2) is 4.98 Å². The van der Waals surface area contributed by atoms with Gasteiger partial charge in [-0.05, 0) is 55.5 Å². The number of anilines is 1. The number of rotatable bonds is 5. The molecule has 1 amide bonds. The number of aromatic nitrogens is 2. The first-order valence-electron chi connectivity index (χ1n) is 10.7. The standard InChI is InChI=1S/C25H20N4O2S2/c26-14-19-17-10-5-7-13-21(17)33-23(19)28-22(30)15-32-25-27-20-12-6-4-11-18(20)24(31)29(25)16-8-2-1-3-9-16/h1-4,6,8-9,11-12H,5,7,10,13,15H2,(H,28,30). The molecule has 1 aliphatic rings. The molecule has 2 aromatic carbocycles. The van der Waals surface area contributed by atoms with Crippen molar-refractivity contribution in [1.82, 2.24) is 9.55 Å². The van der Waals surface area contributed by atoms with Crippen molar-refractivity contribution >= 4 is 44.9 Å². The zero-order chi connectivity index (χ0) is 22.8. The predicted octanol–water partition coefficient (Wildman–Crippen LogP) is 4.93. The second-order valence-corrected chi connectivity index (χ2v) is 9.80. The van der Waals surface area contributed by atoms with Gasteiger partial charge in [0.15, 0.2) is 5.16 Å². The average molecular weight is 473 g/mol. The first-order valence-corrected chi connectivity index (χ1v) is 12.5. The Morgan fingerprint density at radius 3 is 2.70 bits per heavy atom. The number of hydrogen-bond donors (Lipinski definition) is 1. The van der Waals surface area contributed by atoms with Crippen LogP contribution in [0.1, 0.15) is 28.8 Å². The summed E-state index contributed by atoms with van der Waals surface area (Å²) < 4.78 is 1.55. The van der Waals surface area contributed by atoms with E-state index in [1.165, 1.54) is 28.0 Å². The molecule has 0 bridgehead atoms. The Bertz CT molecular complexity index is 1450. The molecule has 0 saturated carbocycles. The minimum atomic E-state index is -0.225. The van der Waals surface area contributed by atoms with Crippen molar-refractivity contribution in [2.45, 2.75) is 30.8 Å². The molecule has 0 spiro atoms. The van der Waals surface area contributed by atoms with Crippen LogP contribution in [0.25, 0.3) is 16.6 Å². The van der Waals surface area contributed by atoms with E-state index in [1.807, 2.05) is 42.5 Å². The van der Waals surface area contributed by atoms with Crippen molar-refractivity contribution in [3.63, 3.8) is 0 Å². The number of nitrogens with one attached hydrogen (secondary N) is 1. The number of carbonyl (C=O) groups is 1. The Balaban J connectivity index is 1.43. The third-order valence-electron chi connectivity index (χ3n) is 5.63. The van der Waals surface area contributed by atoms with E-state index in [-0.39, 0.29) is 17.2 Å². The molecule has 0 atom stereocenters. The number of nitrogens with zero attached hydrogens (tertiary/aromatic N) is 3. The monoisotopic (exact) mass is 472 g/mol. The maximum atomic E-state index is 13.3. The highest BCUT2D eigenvalue weighted by Crippen LogP contribution is 2.37. The van der Waals surface area contributed by atoms with Crippen LogP contribution in [0.2, 0.25) is 0 Å². The highest BCUT2D eigenvalue weighted by atomic mass is 32.2. The summed E-state index contributed by atoms with van der Waals surface area (Å²) in [5.41, 5.74) is 2.80. The Morgan fingerprint density at radius 2 is 1.88 bits per heavy atom. The fourth-order valence-electron chi connectivity index (χ4n) is 4.08. The zero-order valence-corrected chi connectivity index (χ0v) is 19.3. The number of aryl methyl sites for hydroxylation is 1. The summed E-state index contributed by atoms with van der Waals surface area (Å²) in [5, 5.41) is 14.2. The molecular weight excluding hydrogens is 452 g/mol. The molecule has 1 aliphatic carbocycles. The lowest BCUT2D eigenvalue weighted by molar-refractivity contribution is -0.113. The number of nitriles is 1. The van der Waals surface area contributed by atoms with Gasteiger partial charge in [0.25, 0.3) is 5.56 Å². The van der Waals surface area contributed by atoms with E-state index < -0.39 is 0 Å². The van der Waals surface area contributed by atoms with Gasteiger partial charge < -0.3 is 5.32 Å². The van der Waals surface area contributed by atoms with Gasteiger partial charge >= 0.3 is 0 Å². The van der Waals surface area contributed by atoms with Gasteiger partial charge in [-0.3, -0.25) is 14.2 Å². The van der Waals surface area contributed by atoms with Crippen molar-refractivity contribution in [3.05, 3.63) is 81.0 Å². The van der Waals surface area contributed by atoms with Gasteiger partial charge in [-0.1, -0.05) is 42.1 Å². The van der Waals surface area contributed by atoms with Crippen molar-refractivity contribution in [3.8, 4) is 11.8 Å². The molecule has 33 heavy (non-hydrogen) atoms. The molecule has 5 rings (SSSR count). The Labute approximate surface area is 198 Å². The predicted molar refractivity (Wildman–Crippen MR) is 132 cm³/mol. The van der Waals surface area contributed by atoms with E-state index in [0.29, 0.717) is 32.3 Å². The number of carbonyl (C=O) groups excluding carboxylic acids is 1. The largest absolute Gasteiger partial charge is 0.316 e. The molecular formula is C25H20N4O2S2. The van der Waals surface area contributed by atoms with E-state index in [9.17, 15) is 14.9 Å². The molecule has 0 aliphatic heterocycles. The van der Waals surface area contributed by atoms with Gasteiger partial charge in [-0.15, -0.1) is 11.3 Å². The molecule has 4 aromatic rings. The van der Waals surface area contributed by atoms with Gasteiger partial charge in [0.05, 0.1) is 27.9 Å². The third-order valence-corrected chi connectivity index (χ3v) is 7.77. The first-order chi connectivity index (χ1) is 16.2. The van der Waals surface area contributed by atoms with Crippen LogP contribution in [0, 0.1) is 11.3 Å². The normalized spacial score (nSPS) is 12.8. The highest BCUT2D eigenvalue weighted by molar-refractivity contribution is 7.99. The first kappa shape index (κ1) is 21.4. The van der Waals surface area contributed by atoms with Crippen molar-refractivity contribution < 1.29 is 4.79 Å². The number of thioether (sulfide) groups is 1. The zero-order valence-electron chi connectivity index (χ0n) is 17.7. The van der Waals surface area contributed by atoms with Gasteiger partial charge in [0, 0.05) is 4.88 Å². The molecule has 0 unspecified atom stereocenters. The Kier molecular flexibility index (Phi) is 5.99. The molecule has 2 heterocycles. The Morgan fingerprint density at radius 1 is 1.12 bits per heavy atom. The van der Waals surface area contributed by atoms with Gasteiger partial charge in [0.2, 0.25) is 5.91 Å². The van der Waals surface area contributed by atoms with Crippen LogP contribution in [0.4, 0.5) is 5.00 Å². The summed E-state index contributed by atoms with van der Waals surface area (Å²) in [6.45, 7) is 0. The lowest BCUT2D eigenvalue weighted by atomic mass is 9.96. The maximum Gasteiger partial charge on any atom is 0.266 e. The second-order valence-electron chi connectivity index (χ2n) is 7.75. The van der Waals surface area contributed by atoms with Crippen molar-refractivity contribution in [1.29, 1.82) is 5.26 Å². The summed E-state index contributed by atoms with van der Waals surface area (Å²) in [5.74, 6) is -0.150. The molecule has 0 saturated heterocycles. The van der Waals surface area contributed by atoms with E-state index in [2.05, 4.69) is 16.4 Å². The van der Waals surface area contributed by atoms with Gasteiger partial charge in [-0.2, -0.15) is 5.26 Å². The molecule has 8 heteroatoms. The lowest BCUT2D eigenvalue weighted by Crippen LogP contribution is -2.22. The fraction of sp³-hybridized carbons (Fsp3) is 0.200. The lowest BCUT2D eigenvalue weighted by Gasteiger charge is -2.13. The summed E-state index contributed by atoms with van der Waals surface area (Å²) >= 11 is 2.71. The summed E-state index contributed by atoms with van der Waals surface area (Å²) in [7, 11) is 0. The summed E-state index contributed by atoms with van der Waals surface area (Å²) in [6.07, 6.45) is 4.05. The Hall–Kier alpha value is -3.41. The molecule has 0 radical (unpaired) electrons. The van der Waals surface area contributed by atoms with Gasteiger partial charge in [0.1, 0.15) is 11.1 Å². The van der Waals surface area contributed by atoms with Crippen LogP contribution in [0.15, 0.2) is 64.5 Å². The van der Waals surface area contributed by atoms with Crippen molar-refractivity contribution in [2.24, 2.45) is 0 Å². The summed E-state index contributed by atoms with van der Waals surface area (Å²) in [4.78, 5) is 31.9. The number of hydrogen-bond acceptors (Lipinski definition) is 6. The number of fused-ring (bicyclic) bond motifs is 2. The molecule has 1 N–H and O–H groups in total. The fourth-order valence-corrected chi connectivity index (χ4v) is 6.15. The molecule has 164 valence electrons. The van der Waals surface area contributed by atoms with Crippen LogP contribution in [-0.4, -0.2) is 21.2 Å². The number of amides is 1. The second kappa shape index (κ2) is 9.22. The number of thiophene rings is 1. The third kappa shape index (κ3) is 4.17. The SMILES string of the molecule is N#Cc1c(NC(=O)CSc2nc3ccccc3c(=O)n2-c2ccccc2)sc2c1CCCC2. The van der Waals surface area contributed by atoms with Crippen LogP contribution < -0.4 is 10.9 Å². The minimum Gasteiger partial charge on any atom is -0.316 e. The van der Waals surface area contributed by atoms with E-state index in [0.717, 1.165) is 31.2 Å². The van der Waals surface area contributed by atoms with E-state index in [4.69, 9.17) is 0 Å². The molecule has 0 fully saturated rings. The minimum absolute atomic E-state index is 0.0745. The van der Waals surface area contributed by atoms with Crippen molar-refractivity contribution in [2.75, 3.05) is 11.1 Å². The topological polar surface area (TPSA) is 87.8 Å². The van der Waals surface area contributed by atoms with Crippen LogP contribution in [0.5, 0.6) is 0 Å². The van der Waals surface area contributed by atoms with E-state index >= 15 is 0 Å². The highest BCUT2D eigenvalue weighted by Gasteiger charge is 2.22. The van der Waals surface area contributed by atoms with Crippen LogP contribution >= 0.6 is 23.1 Å². The summed E-state index contributed by atoms with van der Waals surface area (Å²) in [6, 6.07) is 18.8.